The first-order chi connectivity index (χ1) is 10.2. The molecule has 1 aromatic carbocycles. The van der Waals surface area contributed by atoms with Crippen molar-refractivity contribution in [2.45, 2.75) is 49.5 Å². The van der Waals surface area contributed by atoms with Gasteiger partial charge in [-0.3, -0.25) is 4.99 Å². The fraction of sp³-hybridized carbons (Fsp3) is 0.562. The van der Waals surface area contributed by atoms with Gasteiger partial charge in [0.25, 0.3) is 0 Å². The lowest BCUT2D eigenvalue weighted by molar-refractivity contribution is 0.412. The molecule has 1 saturated carbocycles. The van der Waals surface area contributed by atoms with Crippen molar-refractivity contribution in [1.82, 2.24) is 5.32 Å². The van der Waals surface area contributed by atoms with Crippen molar-refractivity contribution in [3.8, 4) is 0 Å². The van der Waals surface area contributed by atoms with E-state index >= 15 is 0 Å². The fourth-order valence-electron chi connectivity index (χ4n) is 2.49. The van der Waals surface area contributed by atoms with Crippen molar-refractivity contribution >= 4 is 17.7 Å². The minimum Gasteiger partial charge on any atom is -0.370 e. The number of nitrogens with two attached hydrogens (primary N) is 1. The standard InChI is InChI=1S/C16H24FN3S/c17-13-7-9-15(10-8-13)21-12-4-11-19-16(18)20-14-5-2-1-3-6-14/h7-10,14H,1-6,11-12H2,(H3,18,19,20). The Bertz CT molecular complexity index is 441. The lowest BCUT2D eigenvalue weighted by Gasteiger charge is -2.23. The Morgan fingerprint density at radius 1 is 1.24 bits per heavy atom. The molecule has 1 aliphatic rings. The van der Waals surface area contributed by atoms with E-state index < -0.39 is 0 Å². The molecule has 21 heavy (non-hydrogen) atoms. The average Bonchev–Trinajstić information content (AvgIpc) is 2.50. The first-order valence-electron chi connectivity index (χ1n) is 7.69. The molecule has 0 aliphatic heterocycles. The van der Waals surface area contributed by atoms with E-state index in [2.05, 4.69) is 10.3 Å². The Labute approximate surface area is 130 Å². The first kappa shape index (κ1) is 16.1. The number of guanidine groups is 1. The number of aliphatic imine (C=N–C) groups is 1. The van der Waals surface area contributed by atoms with Gasteiger partial charge in [-0.25, -0.2) is 4.39 Å². The molecule has 1 aliphatic carbocycles. The SMILES string of the molecule is NC(=NCCCSc1ccc(F)cc1)NC1CCCCC1. The second-order valence-corrected chi connectivity index (χ2v) is 6.57. The van der Waals surface area contributed by atoms with E-state index in [1.54, 1.807) is 11.8 Å². The summed E-state index contributed by atoms with van der Waals surface area (Å²) < 4.78 is 12.8. The molecule has 116 valence electrons. The third kappa shape index (κ3) is 6.38. The van der Waals surface area contributed by atoms with E-state index in [0.29, 0.717) is 12.0 Å². The van der Waals surface area contributed by atoms with Gasteiger partial charge in [0.2, 0.25) is 0 Å². The van der Waals surface area contributed by atoms with Gasteiger partial charge < -0.3 is 11.1 Å². The van der Waals surface area contributed by atoms with Crippen LogP contribution in [0.4, 0.5) is 4.39 Å². The summed E-state index contributed by atoms with van der Waals surface area (Å²) in [6.07, 6.45) is 7.30. The molecule has 0 bridgehead atoms. The molecular weight excluding hydrogens is 285 g/mol. The Kier molecular flexibility index (Phi) is 6.86. The minimum absolute atomic E-state index is 0.189. The van der Waals surface area contributed by atoms with Gasteiger partial charge >= 0.3 is 0 Å². The zero-order chi connectivity index (χ0) is 14.9. The summed E-state index contributed by atoms with van der Waals surface area (Å²) in [6, 6.07) is 7.11. The van der Waals surface area contributed by atoms with Crippen LogP contribution in [0.1, 0.15) is 38.5 Å². The van der Waals surface area contributed by atoms with E-state index in [1.165, 1.54) is 44.2 Å². The largest absolute Gasteiger partial charge is 0.370 e. The zero-order valence-electron chi connectivity index (χ0n) is 12.4. The summed E-state index contributed by atoms with van der Waals surface area (Å²) in [5, 5.41) is 3.31. The molecule has 3 N–H and O–H groups in total. The Hall–Kier alpha value is -1.23. The van der Waals surface area contributed by atoms with Crippen molar-refractivity contribution in [3.05, 3.63) is 30.1 Å². The summed E-state index contributed by atoms with van der Waals surface area (Å²) in [5.74, 6) is 1.35. The van der Waals surface area contributed by atoms with Gasteiger partial charge in [0.1, 0.15) is 5.82 Å². The second-order valence-electron chi connectivity index (χ2n) is 5.40. The van der Waals surface area contributed by atoms with Crippen LogP contribution in [0.5, 0.6) is 0 Å². The summed E-state index contributed by atoms with van der Waals surface area (Å²) in [4.78, 5) is 5.46. The van der Waals surface area contributed by atoms with Crippen LogP contribution in [-0.4, -0.2) is 24.3 Å². The van der Waals surface area contributed by atoms with Crippen LogP contribution in [0.3, 0.4) is 0 Å². The van der Waals surface area contributed by atoms with Crippen molar-refractivity contribution < 1.29 is 4.39 Å². The maximum Gasteiger partial charge on any atom is 0.188 e. The lowest BCUT2D eigenvalue weighted by atomic mass is 9.96. The van der Waals surface area contributed by atoms with E-state index in [-0.39, 0.29) is 5.82 Å². The molecule has 0 radical (unpaired) electrons. The number of halogens is 1. The summed E-state index contributed by atoms with van der Waals surface area (Å²) in [7, 11) is 0. The highest BCUT2D eigenvalue weighted by molar-refractivity contribution is 7.99. The number of hydrogen-bond acceptors (Lipinski definition) is 2. The molecule has 3 nitrogen and oxygen atoms in total. The molecule has 0 aromatic heterocycles. The maximum atomic E-state index is 12.8. The van der Waals surface area contributed by atoms with Crippen LogP contribution < -0.4 is 11.1 Å². The van der Waals surface area contributed by atoms with Crippen molar-refractivity contribution in [3.63, 3.8) is 0 Å². The van der Waals surface area contributed by atoms with Crippen LogP contribution in [-0.2, 0) is 0 Å². The number of rotatable bonds is 6. The number of hydrogen-bond donors (Lipinski definition) is 2. The first-order valence-corrected chi connectivity index (χ1v) is 8.67. The van der Waals surface area contributed by atoms with Crippen LogP contribution >= 0.6 is 11.8 Å². The third-order valence-electron chi connectivity index (χ3n) is 3.62. The van der Waals surface area contributed by atoms with E-state index in [4.69, 9.17) is 5.73 Å². The van der Waals surface area contributed by atoms with Crippen molar-refractivity contribution in [2.24, 2.45) is 10.7 Å². The van der Waals surface area contributed by atoms with Gasteiger partial charge in [0.05, 0.1) is 0 Å². The third-order valence-corrected chi connectivity index (χ3v) is 4.72. The van der Waals surface area contributed by atoms with E-state index in [0.717, 1.165) is 23.6 Å². The molecule has 0 unspecified atom stereocenters. The van der Waals surface area contributed by atoms with E-state index in [1.807, 2.05) is 12.1 Å². The molecule has 0 atom stereocenters. The van der Waals surface area contributed by atoms with Crippen LogP contribution in [0.15, 0.2) is 34.2 Å². The summed E-state index contributed by atoms with van der Waals surface area (Å²) in [6.45, 7) is 0.736. The molecule has 2 rings (SSSR count). The quantitative estimate of drug-likeness (QED) is 0.366. The molecule has 0 saturated heterocycles. The Morgan fingerprint density at radius 2 is 1.95 bits per heavy atom. The van der Waals surface area contributed by atoms with Crippen LogP contribution in [0.2, 0.25) is 0 Å². The number of benzene rings is 1. The summed E-state index contributed by atoms with van der Waals surface area (Å²) >= 11 is 1.72. The minimum atomic E-state index is -0.189. The number of nitrogens with zero attached hydrogens (tertiary/aromatic N) is 1. The van der Waals surface area contributed by atoms with Gasteiger partial charge in [0.15, 0.2) is 5.96 Å². The number of nitrogens with one attached hydrogen (secondary N) is 1. The van der Waals surface area contributed by atoms with Gasteiger partial charge in [-0.1, -0.05) is 19.3 Å². The van der Waals surface area contributed by atoms with Gasteiger partial charge in [0, 0.05) is 17.5 Å². The molecule has 1 aromatic rings. The van der Waals surface area contributed by atoms with Gasteiger partial charge in [-0.2, -0.15) is 0 Å². The van der Waals surface area contributed by atoms with Crippen LogP contribution in [0.25, 0.3) is 0 Å². The normalized spacial score (nSPS) is 16.9. The fourth-order valence-corrected chi connectivity index (χ4v) is 3.32. The Balaban J connectivity index is 1.59. The van der Waals surface area contributed by atoms with Crippen LogP contribution in [0, 0.1) is 5.82 Å². The molecular formula is C16H24FN3S. The lowest BCUT2D eigenvalue weighted by Crippen LogP contribution is -2.41. The maximum absolute atomic E-state index is 12.8. The van der Waals surface area contributed by atoms with E-state index in [9.17, 15) is 4.39 Å². The molecule has 0 spiro atoms. The molecule has 5 heteroatoms. The highest BCUT2D eigenvalue weighted by atomic mass is 32.2. The van der Waals surface area contributed by atoms with Gasteiger partial charge in [-0.15, -0.1) is 11.8 Å². The monoisotopic (exact) mass is 309 g/mol. The summed E-state index contributed by atoms with van der Waals surface area (Å²) in [5.41, 5.74) is 5.90. The smallest absolute Gasteiger partial charge is 0.188 e. The van der Waals surface area contributed by atoms with Gasteiger partial charge in [-0.05, 0) is 49.3 Å². The topological polar surface area (TPSA) is 50.4 Å². The molecule has 0 heterocycles. The highest BCUT2D eigenvalue weighted by Crippen LogP contribution is 2.19. The van der Waals surface area contributed by atoms with Crippen molar-refractivity contribution in [2.75, 3.05) is 12.3 Å². The zero-order valence-corrected chi connectivity index (χ0v) is 13.2. The highest BCUT2D eigenvalue weighted by Gasteiger charge is 2.12. The second kappa shape index (κ2) is 8.93. The van der Waals surface area contributed by atoms with Crippen molar-refractivity contribution in [1.29, 1.82) is 0 Å². The predicted octanol–water partition coefficient (Wildman–Crippen LogP) is 3.54. The molecule has 1 fully saturated rings. The number of thioether (sulfide) groups is 1. The predicted molar refractivity (Wildman–Crippen MR) is 88.2 cm³/mol. The average molecular weight is 309 g/mol. The Morgan fingerprint density at radius 3 is 2.67 bits per heavy atom. The molecule has 0 amide bonds.